The molecule has 2 aromatic rings. The van der Waals surface area contributed by atoms with Gasteiger partial charge >= 0.3 is 37.7 Å². The third-order valence-corrected chi connectivity index (χ3v) is 6.58. The Labute approximate surface area is 198 Å². The van der Waals surface area contributed by atoms with Crippen LogP contribution in [-0.2, 0) is 19.7 Å². The van der Waals surface area contributed by atoms with Crippen molar-refractivity contribution in [3.63, 3.8) is 0 Å². The van der Waals surface area contributed by atoms with E-state index in [-0.39, 0.29) is 70.4 Å². The molecule has 30 heavy (non-hydrogen) atoms. The van der Waals surface area contributed by atoms with Gasteiger partial charge in [-0.1, -0.05) is 13.8 Å². The zero-order valence-electron chi connectivity index (χ0n) is 16.9. The summed E-state index contributed by atoms with van der Waals surface area (Å²) in [6, 6.07) is 4.36. The molecule has 152 valence electrons. The first kappa shape index (κ1) is 30.5. The van der Waals surface area contributed by atoms with Gasteiger partial charge in [-0.2, -0.15) is 0 Å². The summed E-state index contributed by atoms with van der Waals surface area (Å²) in [7, 11) is -6.91. The van der Waals surface area contributed by atoms with E-state index in [4.69, 9.17) is 0 Å². The Morgan fingerprint density at radius 3 is 1.30 bits per heavy atom. The van der Waals surface area contributed by atoms with Crippen molar-refractivity contribution in [1.82, 2.24) is 9.97 Å². The summed E-state index contributed by atoms with van der Waals surface area (Å²) in [5.74, 6) is -3.06. The van der Waals surface area contributed by atoms with Crippen LogP contribution in [-0.4, -0.2) is 50.2 Å². The topological polar surface area (TPSA) is 174 Å². The zero-order valence-corrected chi connectivity index (χ0v) is 18.5. The molecule has 2 heterocycles. The van der Waals surface area contributed by atoms with Crippen LogP contribution in [0, 0.1) is 0 Å². The molecule has 0 fully saturated rings. The van der Waals surface area contributed by atoms with Gasteiger partial charge in [0.05, 0.1) is 23.4 Å². The maximum atomic E-state index is 11.3. The van der Waals surface area contributed by atoms with Crippen LogP contribution >= 0.6 is 0 Å². The molecule has 0 amide bonds. The van der Waals surface area contributed by atoms with E-state index in [9.17, 15) is 36.6 Å². The van der Waals surface area contributed by atoms with Crippen molar-refractivity contribution in [3.8, 4) is 0 Å². The molecule has 14 heteroatoms. The Morgan fingerprint density at radius 2 is 1.07 bits per heavy atom. The van der Waals surface area contributed by atoms with Crippen LogP contribution in [0.15, 0.2) is 46.7 Å². The van der Waals surface area contributed by atoms with Gasteiger partial charge in [-0.15, -0.1) is 0 Å². The van der Waals surface area contributed by atoms with Gasteiger partial charge < -0.3 is 19.8 Å². The average molecular weight is 442 g/mol. The van der Waals surface area contributed by atoms with Crippen molar-refractivity contribution < 1.29 is 74.4 Å². The summed E-state index contributed by atoms with van der Waals surface area (Å²) >= 11 is 0. The fourth-order valence-electron chi connectivity index (χ4n) is 1.71. The molecule has 10 nitrogen and oxygen atoms in total. The van der Waals surface area contributed by atoms with Crippen molar-refractivity contribution in [1.29, 1.82) is 0 Å². The summed E-state index contributed by atoms with van der Waals surface area (Å²) in [5.41, 5.74) is -0.376. The molecule has 2 aromatic heterocycles. The third kappa shape index (κ3) is 8.60. The fraction of sp³-hybridized carbons (Fsp3) is 0.250. The van der Waals surface area contributed by atoms with Crippen LogP contribution in [0.3, 0.4) is 0 Å². The van der Waals surface area contributed by atoms with Crippen LogP contribution < -0.4 is 47.9 Å². The molecule has 0 spiro atoms. The third-order valence-electron chi connectivity index (χ3n) is 3.34. The molecule has 0 radical (unpaired) electrons. The summed E-state index contributed by atoms with van der Waals surface area (Å²) in [6.07, 6.45) is 2.27. The normalized spacial score (nSPS) is 10.5. The van der Waals surface area contributed by atoms with Gasteiger partial charge in [0.1, 0.15) is 0 Å². The summed E-state index contributed by atoms with van der Waals surface area (Å²) in [6.45, 7) is 2.92. The van der Waals surface area contributed by atoms with Gasteiger partial charge in [0.25, 0.3) is 0 Å². The molecular weight excluding hydrogens is 426 g/mol. The number of carboxylic acids is 2. The molecule has 0 aliphatic heterocycles. The number of carbonyl (C=O) groups is 2. The van der Waals surface area contributed by atoms with Crippen molar-refractivity contribution >= 4 is 31.6 Å². The van der Waals surface area contributed by atoms with Gasteiger partial charge in [0.15, 0.2) is 29.7 Å². The largest absolute Gasteiger partial charge is 1.00 e. The summed E-state index contributed by atoms with van der Waals surface area (Å²) in [4.78, 5) is 28.0. The first-order valence-electron chi connectivity index (χ1n) is 7.75. The number of nitrogens with zero attached hydrogens (tertiary/aromatic N) is 2. The van der Waals surface area contributed by atoms with E-state index in [0.717, 1.165) is 24.5 Å². The number of aromatic nitrogens is 2. The number of sulfone groups is 2. The maximum Gasteiger partial charge on any atom is 1.00 e. The Kier molecular flexibility index (Phi) is 13.1. The molecule has 0 N–H and O–H groups in total. The molecule has 0 saturated carbocycles. The minimum Gasteiger partial charge on any atom is -0.545 e. The van der Waals surface area contributed by atoms with Crippen molar-refractivity contribution in [2.45, 2.75) is 23.9 Å². The van der Waals surface area contributed by atoms with E-state index in [1.165, 1.54) is 26.0 Å². The summed E-state index contributed by atoms with van der Waals surface area (Å²) in [5, 5.41) is 20.4. The number of pyridine rings is 2. The van der Waals surface area contributed by atoms with Crippen molar-refractivity contribution in [3.05, 3.63) is 47.8 Å². The Morgan fingerprint density at radius 1 is 0.767 bits per heavy atom. The predicted octanol–water partition coefficient (Wildman–Crippen LogP) is -7.51. The number of rotatable bonds is 6. The first-order chi connectivity index (χ1) is 12.9. The maximum absolute atomic E-state index is 11.3. The van der Waals surface area contributed by atoms with Crippen molar-refractivity contribution in [2.75, 3.05) is 11.5 Å². The molecule has 0 atom stereocenters. The van der Waals surface area contributed by atoms with E-state index in [1.807, 2.05) is 0 Å². The van der Waals surface area contributed by atoms with Crippen LogP contribution in [0.4, 0.5) is 0 Å². The minimum atomic E-state index is -3.46. The molecule has 0 saturated heterocycles. The standard InChI is InChI=1S/2C8H9NO4S.2Li/c2*1-2-14(12,13)7-5-6(8(10)11)3-4-9-7;;/h2*3-5H,2H2,1H3,(H,10,11);;/q;;2*+1/p-2. The number of carboxylic acid groups (broad SMARTS) is 2. The van der Waals surface area contributed by atoms with Gasteiger partial charge in [-0.05, 0) is 24.3 Å². The van der Waals surface area contributed by atoms with E-state index in [0.29, 0.717) is 0 Å². The fourth-order valence-corrected chi connectivity index (χ4v) is 3.36. The monoisotopic (exact) mass is 442 g/mol. The Balaban J connectivity index is 0. The predicted molar refractivity (Wildman–Crippen MR) is 92.6 cm³/mol. The smallest absolute Gasteiger partial charge is 0.545 e. The van der Waals surface area contributed by atoms with Gasteiger partial charge in [0, 0.05) is 23.5 Å². The minimum absolute atomic E-state index is 0. The van der Waals surface area contributed by atoms with Gasteiger partial charge in [-0.25, -0.2) is 26.8 Å². The molecular formula is C16H16Li2N2O8S2. The van der Waals surface area contributed by atoms with E-state index in [2.05, 4.69) is 9.97 Å². The van der Waals surface area contributed by atoms with Crippen LogP contribution in [0.2, 0.25) is 0 Å². The van der Waals surface area contributed by atoms with E-state index >= 15 is 0 Å². The van der Waals surface area contributed by atoms with Crippen LogP contribution in [0.1, 0.15) is 34.6 Å². The zero-order chi connectivity index (χ0) is 21.5. The molecule has 0 aliphatic carbocycles. The Bertz CT molecular complexity index is 1000. The summed E-state index contributed by atoms with van der Waals surface area (Å²) < 4.78 is 45.2. The molecule has 2 rings (SSSR count). The second-order valence-electron chi connectivity index (χ2n) is 5.15. The second-order valence-corrected chi connectivity index (χ2v) is 9.60. The average Bonchev–Trinajstić information content (AvgIpc) is 2.68. The number of hydrogen-bond donors (Lipinski definition) is 0. The number of hydrogen-bond acceptors (Lipinski definition) is 10. The number of aromatic carboxylic acids is 2. The van der Waals surface area contributed by atoms with Crippen molar-refractivity contribution in [2.24, 2.45) is 0 Å². The number of carbonyl (C=O) groups excluding carboxylic acids is 2. The quantitative estimate of drug-likeness (QED) is 0.391. The van der Waals surface area contributed by atoms with Gasteiger partial charge in [-0.3, -0.25) is 0 Å². The molecule has 0 aromatic carbocycles. The SMILES string of the molecule is CCS(=O)(=O)c1cc(C(=O)[O-])ccn1.CCS(=O)(=O)c1cc(C(=O)[O-])ccn1.[Li+].[Li+]. The van der Waals surface area contributed by atoms with Crippen LogP contribution in [0.5, 0.6) is 0 Å². The molecule has 0 bridgehead atoms. The van der Waals surface area contributed by atoms with E-state index in [1.54, 1.807) is 0 Å². The molecule has 0 aliphatic rings. The second kappa shape index (κ2) is 12.9. The first-order valence-corrected chi connectivity index (χ1v) is 11.0. The molecule has 0 unspecified atom stereocenters. The Hall–Kier alpha value is -1.67. The van der Waals surface area contributed by atoms with Gasteiger partial charge in [0.2, 0.25) is 0 Å². The van der Waals surface area contributed by atoms with Crippen LogP contribution in [0.25, 0.3) is 0 Å². The van der Waals surface area contributed by atoms with E-state index < -0.39 is 31.6 Å².